The van der Waals surface area contributed by atoms with E-state index in [1.54, 1.807) is 24.3 Å². The monoisotopic (exact) mass is 248 g/mol. The molecule has 0 unspecified atom stereocenters. The van der Waals surface area contributed by atoms with E-state index in [9.17, 15) is 14.4 Å². The third-order valence-corrected chi connectivity index (χ3v) is 2.32. The number of rotatable bonds is 6. The summed E-state index contributed by atoms with van der Waals surface area (Å²) in [5.74, 6) is -0.263. The number of hydrogen-bond donors (Lipinski definition) is 2. The van der Waals surface area contributed by atoms with E-state index in [-0.39, 0.29) is 11.8 Å². The van der Waals surface area contributed by atoms with Gasteiger partial charge in [0.2, 0.25) is 5.91 Å². The summed E-state index contributed by atoms with van der Waals surface area (Å²) < 4.78 is 0. The van der Waals surface area contributed by atoms with Crippen LogP contribution in [0.4, 0.5) is 0 Å². The van der Waals surface area contributed by atoms with Crippen molar-refractivity contribution in [2.24, 2.45) is 0 Å². The number of hydrogen-bond acceptors (Lipinski definition) is 3. The zero-order valence-electron chi connectivity index (χ0n) is 10.2. The van der Waals surface area contributed by atoms with Crippen LogP contribution in [0.1, 0.15) is 34.1 Å². The Labute approximate surface area is 106 Å². The highest BCUT2D eigenvalue weighted by Crippen LogP contribution is 2.02. The summed E-state index contributed by atoms with van der Waals surface area (Å²) in [7, 11) is 0. The highest BCUT2D eigenvalue weighted by molar-refractivity contribution is 5.94. The smallest absolute Gasteiger partial charge is 0.251 e. The van der Waals surface area contributed by atoms with Crippen molar-refractivity contribution in [2.75, 3.05) is 13.1 Å². The van der Waals surface area contributed by atoms with Gasteiger partial charge in [-0.15, -0.1) is 0 Å². The molecule has 0 fully saturated rings. The molecule has 2 N–H and O–H groups in total. The van der Waals surface area contributed by atoms with Crippen LogP contribution in [0.3, 0.4) is 0 Å². The fourth-order valence-corrected chi connectivity index (χ4v) is 1.37. The largest absolute Gasteiger partial charge is 0.356 e. The van der Waals surface area contributed by atoms with Gasteiger partial charge in [0.05, 0.1) is 0 Å². The summed E-state index contributed by atoms with van der Waals surface area (Å²) in [5, 5.41) is 5.38. The van der Waals surface area contributed by atoms with Crippen LogP contribution in [0, 0.1) is 0 Å². The molecule has 0 aliphatic rings. The minimum atomic E-state index is -0.185. The van der Waals surface area contributed by atoms with Crippen LogP contribution in [-0.2, 0) is 4.79 Å². The summed E-state index contributed by atoms with van der Waals surface area (Å²) in [5.41, 5.74) is 1.05. The molecule has 0 spiro atoms. The Hall–Kier alpha value is -2.17. The molecule has 1 aromatic rings. The fraction of sp³-hybridized carbons (Fsp3) is 0.308. The molecule has 96 valence electrons. The summed E-state index contributed by atoms with van der Waals surface area (Å²) in [6.45, 7) is 2.49. The first-order valence-electron chi connectivity index (χ1n) is 5.71. The van der Waals surface area contributed by atoms with Gasteiger partial charge in [-0.1, -0.05) is 12.1 Å². The van der Waals surface area contributed by atoms with E-state index < -0.39 is 0 Å². The molecular weight excluding hydrogens is 232 g/mol. The molecular formula is C13H16N2O3. The molecule has 1 rings (SSSR count). The number of amides is 2. The summed E-state index contributed by atoms with van der Waals surface area (Å²) in [4.78, 5) is 32.7. The molecule has 5 nitrogen and oxygen atoms in total. The Bertz CT molecular complexity index is 426. The lowest BCUT2D eigenvalue weighted by atomic mass is 10.1. The minimum absolute atomic E-state index is 0.0780. The third-order valence-electron chi connectivity index (χ3n) is 2.32. The lowest BCUT2D eigenvalue weighted by molar-refractivity contribution is -0.118. The van der Waals surface area contributed by atoms with E-state index in [1.165, 1.54) is 6.92 Å². The molecule has 0 aliphatic heterocycles. The third kappa shape index (κ3) is 4.78. The molecule has 0 radical (unpaired) electrons. The molecule has 2 amide bonds. The molecule has 0 atom stereocenters. The van der Waals surface area contributed by atoms with E-state index in [1.807, 2.05) is 0 Å². The standard InChI is InChI=1S/C13H16N2O3/c1-10(17)14-7-2-8-15-13(18)12-5-3-11(9-16)4-6-12/h3-6,9H,2,7-8H2,1H3,(H,14,17)(H,15,18). The van der Waals surface area contributed by atoms with Crippen molar-refractivity contribution in [3.05, 3.63) is 35.4 Å². The Kier molecular flexibility index (Phi) is 5.57. The van der Waals surface area contributed by atoms with Crippen LogP contribution < -0.4 is 10.6 Å². The molecule has 18 heavy (non-hydrogen) atoms. The first-order chi connectivity index (χ1) is 8.63. The Morgan fingerprint density at radius 1 is 1.11 bits per heavy atom. The van der Waals surface area contributed by atoms with Crippen molar-refractivity contribution in [3.8, 4) is 0 Å². The summed E-state index contributed by atoms with van der Waals surface area (Å²) in [6.07, 6.45) is 1.41. The van der Waals surface area contributed by atoms with Crippen molar-refractivity contribution in [1.82, 2.24) is 10.6 Å². The number of carbonyl (C=O) groups is 3. The highest BCUT2D eigenvalue weighted by Gasteiger charge is 2.04. The van der Waals surface area contributed by atoms with Crippen LogP contribution in [0.5, 0.6) is 0 Å². The van der Waals surface area contributed by atoms with Crippen LogP contribution in [-0.4, -0.2) is 31.2 Å². The van der Waals surface area contributed by atoms with Gasteiger partial charge in [0.1, 0.15) is 6.29 Å². The highest BCUT2D eigenvalue weighted by atomic mass is 16.2. The zero-order chi connectivity index (χ0) is 13.4. The molecule has 0 aliphatic carbocycles. The van der Waals surface area contributed by atoms with E-state index in [0.717, 1.165) is 6.29 Å². The maximum absolute atomic E-state index is 11.7. The minimum Gasteiger partial charge on any atom is -0.356 e. The van der Waals surface area contributed by atoms with Crippen molar-refractivity contribution in [2.45, 2.75) is 13.3 Å². The average Bonchev–Trinajstić information content (AvgIpc) is 2.38. The van der Waals surface area contributed by atoms with Gasteiger partial charge in [-0.05, 0) is 18.6 Å². The Morgan fingerprint density at radius 2 is 1.72 bits per heavy atom. The van der Waals surface area contributed by atoms with Gasteiger partial charge >= 0.3 is 0 Å². The number of benzene rings is 1. The predicted molar refractivity (Wildman–Crippen MR) is 67.5 cm³/mol. The quantitative estimate of drug-likeness (QED) is 0.576. The Morgan fingerprint density at radius 3 is 2.28 bits per heavy atom. The first-order valence-corrected chi connectivity index (χ1v) is 5.71. The second-order valence-corrected chi connectivity index (χ2v) is 3.83. The maximum Gasteiger partial charge on any atom is 0.251 e. The van der Waals surface area contributed by atoms with Crippen LogP contribution in [0.25, 0.3) is 0 Å². The number of nitrogens with one attached hydrogen (secondary N) is 2. The van der Waals surface area contributed by atoms with Crippen LogP contribution in [0.15, 0.2) is 24.3 Å². The van der Waals surface area contributed by atoms with E-state index in [0.29, 0.717) is 30.6 Å². The van der Waals surface area contributed by atoms with Gasteiger partial charge in [0, 0.05) is 31.1 Å². The first kappa shape index (κ1) is 13.9. The van der Waals surface area contributed by atoms with Gasteiger partial charge < -0.3 is 10.6 Å². The summed E-state index contributed by atoms with van der Waals surface area (Å²) in [6, 6.07) is 6.40. The summed E-state index contributed by atoms with van der Waals surface area (Å²) >= 11 is 0. The normalized spacial score (nSPS) is 9.61. The molecule has 0 saturated heterocycles. The topological polar surface area (TPSA) is 75.3 Å². The second-order valence-electron chi connectivity index (χ2n) is 3.83. The van der Waals surface area contributed by atoms with Gasteiger partial charge in [0.15, 0.2) is 0 Å². The van der Waals surface area contributed by atoms with Gasteiger partial charge in [-0.2, -0.15) is 0 Å². The van der Waals surface area contributed by atoms with Crippen LogP contribution >= 0.6 is 0 Å². The molecule has 1 aromatic carbocycles. The predicted octanol–water partition coefficient (Wildman–Crippen LogP) is 0.755. The van der Waals surface area contributed by atoms with Gasteiger partial charge in [-0.25, -0.2) is 0 Å². The second kappa shape index (κ2) is 7.21. The van der Waals surface area contributed by atoms with Crippen molar-refractivity contribution < 1.29 is 14.4 Å². The molecule has 5 heteroatoms. The van der Waals surface area contributed by atoms with Crippen molar-refractivity contribution in [3.63, 3.8) is 0 Å². The lowest BCUT2D eigenvalue weighted by Gasteiger charge is -2.05. The van der Waals surface area contributed by atoms with Gasteiger partial charge in [-0.3, -0.25) is 14.4 Å². The molecule has 0 saturated carbocycles. The SMILES string of the molecule is CC(=O)NCCCNC(=O)c1ccc(C=O)cc1. The van der Waals surface area contributed by atoms with E-state index >= 15 is 0 Å². The molecule has 0 aromatic heterocycles. The Balaban J connectivity index is 2.31. The van der Waals surface area contributed by atoms with Gasteiger partial charge in [0.25, 0.3) is 5.91 Å². The van der Waals surface area contributed by atoms with E-state index in [2.05, 4.69) is 10.6 Å². The number of carbonyl (C=O) groups excluding carboxylic acids is 3. The average molecular weight is 248 g/mol. The molecule has 0 heterocycles. The number of aldehydes is 1. The molecule has 0 bridgehead atoms. The van der Waals surface area contributed by atoms with Crippen LogP contribution in [0.2, 0.25) is 0 Å². The van der Waals surface area contributed by atoms with Crippen molar-refractivity contribution in [1.29, 1.82) is 0 Å². The lowest BCUT2D eigenvalue weighted by Crippen LogP contribution is -2.28. The zero-order valence-corrected chi connectivity index (χ0v) is 10.2. The van der Waals surface area contributed by atoms with Crippen molar-refractivity contribution >= 4 is 18.1 Å². The fourth-order valence-electron chi connectivity index (χ4n) is 1.37. The van der Waals surface area contributed by atoms with E-state index in [4.69, 9.17) is 0 Å². The maximum atomic E-state index is 11.7.